The van der Waals surface area contributed by atoms with Gasteiger partial charge in [-0.05, 0) is 43.0 Å². The lowest BCUT2D eigenvalue weighted by Crippen LogP contribution is -2.36. The number of hydrogen-bond donors (Lipinski definition) is 1. The number of methoxy groups -OCH3 is 2. The number of fused-ring (bicyclic) bond motifs is 1. The summed E-state index contributed by atoms with van der Waals surface area (Å²) in [6.07, 6.45) is 2.04. The molecule has 0 aromatic heterocycles. The summed E-state index contributed by atoms with van der Waals surface area (Å²) in [5, 5.41) is 3.31. The van der Waals surface area contributed by atoms with Gasteiger partial charge in [0.2, 0.25) is 0 Å². The zero-order valence-electron chi connectivity index (χ0n) is 11.0. The van der Waals surface area contributed by atoms with E-state index in [4.69, 9.17) is 9.47 Å². The van der Waals surface area contributed by atoms with Gasteiger partial charge in [-0.3, -0.25) is 10.1 Å². The summed E-state index contributed by atoms with van der Waals surface area (Å²) >= 11 is 0. The maximum absolute atomic E-state index is 11.4. The highest BCUT2D eigenvalue weighted by atomic mass is 16.5. The lowest BCUT2D eigenvalue weighted by Gasteiger charge is -2.19. The van der Waals surface area contributed by atoms with Gasteiger partial charge in [0.1, 0.15) is 11.8 Å². The molecule has 0 radical (unpaired) electrons. The molecule has 0 saturated carbocycles. The first-order valence-electron chi connectivity index (χ1n) is 6.16. The van der Waals surface area contributed by atoms with E-state index in [0.717, 1.165) is 18.6 Å². The number of benzene rings is 1. The van der Waals surface area contributed by atoms with Crippen LogP contribution in [0.3, 0.4) is 0 Å². The number of ether oxygens (including phenoxy) is 2. The molecule has 0 fully saturated rings. The van der Waals surface area contributed by atoms with Crippen LogP contribution in [0, 0.1) is 0 Å². The third-order valence-corrected chi connectivity index (χ3v) is 3.44. The van der Waals surface area contributed by atoms with Gasteiger partial charge in [0.25, 0.3) is 0 Å². The highest BCUT2D eigenvalue weighted by Crippen LogP contribution is 2.33. The van der Waals surface area contributed by atoms with Crippen molar-refractivity contribution in [2.45, 2.75) is 31.8 Å². The minimum absolute atomic E-state index is 0.198. The molecule has 4 heteroatoms. The Morgan fingerprint density at radius 3 is 2.89 bits per heavy atom. The molecule has 98 valence electrons. The van der Waals surface area contributed by atoms with Crippen LogP contribution in [0.25, 0.3) is 0 Å². The molecule has 1 N–H and O–H groups in total. The Morgan fingerprint density at radius 1 is 1.44 bits per heavy atom. The molecule has 0 saturated heterocycles. The maximum atomic E-state index is 11.4. The van der Waals surface area contributed by atoms with Gasteiger partial charge in [0, 0.05) is 6.04 Å². The Hall–Kier alpha value is -1.55. The predicted octanol–water partition coefficient (Wildman–Crippen LogP) is 1.83. The van der Waals surface area contributed by atoms with Crippen molar-refractivity contribution in [3.8, 4) is 5.75 Å². The van der Waals surface area contributed by atoms with Gasteiger partial charge >= 0.3 is 5.97 Å². The summed E-state index contributed by atoms with van der Waals surface area (Å²) in [6, 6.07) is 6.02. The fourth-order valence-electron chi connectivity index (χ4n) is 2.43. The second-order valence-corrected chi connectivity index (χ2v) is 4.57. The SMILES string of the molecule is COC(=O)[C@H](C)NC1CCc2ccc(OC)cc21. The first kappa shape index (κ1) is 12.9. The van der Waals surface area contributed by atoms with Crippen molar-refractivity contribution in [2.24, 2.45) is 0 Å². The molecule has 0 amide bonds. The highest BCUT2D eigenvalue weighted by molar-refractivity contribution is 5.75. The fourth-order valence-corrected chi connectivity index (χ4v) is 2.43. The largest absolute Gasteiger partial charge is 0.497 e. The first-order chi connectivity index (χ1) is 8.65. The van der Waals surface area contributed by atoms with E-state index in [9.17, 15) is 4.79 Å². The lowest BCUT2D eigenvalue weighted by atomic mass is 10.1. The summed E-state index contributed by atoms with van der Waals surface area (Å²) < 4.78 is 9.97. The monoisotopic (exact) mass is 249 g/mol. The number of carbonyl (C=O) groups is 1. The van der Waals surface area contributed by atoms with Crippen molar-refractivity contribution in [3.63, 3.8) is 0 Å². The lowest BCUT2D eigenvalue weighted by molar-refractivity contribution is -0.142. The van der Waals surface area contributed by atoms with E-state index < -0.39 is 0 Å². The normalized spacial score (nSPS) is 19.2. The van der Waals surface area contributed by atoms with Crippen molar-refractivity contribution < 1.29 is 14.3 Å². The molecular formula is C14H19NO3. The molecule has 0 aliphatic heterocycles. The molecule has 1 aromatic rings. The van der Waals surface area contributed by atoms with E-state index in [0.29, 0.717) is 0 Å². The number of aryl methyl sites for hydroxylation is 1. The van der Waals surface area contributed by atoms with Gasteiger partial charge in [-0.2, -0.15) is 0 Å². The summed E-state index contributed by atoms with van der Waals surface area (Å²) in [5.74, 6) is 0.625. The van der Waals surface area contributed by atoms with Crippen LogP contribution in [0.5, 0.6) is 5.75 Å². The molecule has 2 atom stereocenters. The van der Waals surface area contributed by atoms with E-state index in [1.165, 1.54) is 18.2 Å². The molecule has 1 unspecified atom stereocenters. The quantitative estimate of drug-likeness (QED) is 0.827. The number of rotatable bonds is 4. The Bertz CT molecular complexity index is 445. The maximum Gasteiger partial charge on any atom is 0.322 e. The Labute approximate surface area is 107 Å². The van der Waals surface area contributed by atoms with Crippen LogP contribution in [0.1, 0.15) is 30.5 Å². The van der Waals surface area contributed by atoms with Crippen molar-refractivity contribution in [1.29, 1.82) is 0 Å². The van der Waals surface area contributed by atoms with Crippen LogP contribution in [0.4, 0.5) is 0 Å². The molecule has 1 aromatic carbocycles. The minimum Gasteiger partial charge on any atom is -0.497 e. The summed E-state index contributed by atoms with van der Waals surface area (Å²) in [5.41, 5.74) is 2.55. The van der Waals surface area contributed by atoms with Gasteiger partial charge in [-0.15, -0.1) is 0 Å². The topological polar surface area (TPSA) is 47.6 Å². The molecule has 4 nitrogen and oxygen atoms in total. The van der Waals surface area contributed by atoms with Crippen LogP contribution >= 0.6 is 0 Å². The van der Waals surface area contributed by atoms with Crippen LogP contribution in [-0.2, 0) is 16.0 Å². The Balaban J connectivity index is 2.13. The van der Waals surface area contributed by atoms with Crippen LogP contribution in [0.2, 0.25) is 0 Å². The number of hydrogen-bond acceptors (Lipinski definition) is 4. The zero-order valence-corrected chi connectivity index (χ0v) is 11.0. The average Bonchev–Trinajstić information content (AvgIpc) is 2.80. The molecule has 1 aliphatic carbocycles. The average molecular weight is 249 g/mol. The Morgan fingerprint density at radius 2 is 2.22 bits per heavy atom. The van der Waals surface area contributed by atoms with E-state index in [-0.39, 0.29) is 18.1 Å². The van der Waals surface area contributed by atoms with Gasteiger partial charge in [0.05, 0.1) is 14.2 Å². The van der Waals surface area contributed by atoms with Crippen molar-refractivity contribution in [3.05, 3.63) is 29.3 Å². The highest BCUT2D eigenvalue weighted by Gasteiger charge is 2.26. The second-order valence-electron chi connectivity index (χ2n) is 4.57. The first-order valence-corrected chi connectivity index (χ1v) is 6.16. The summed E-state index contributed by atoms with van der Waals surface area (Å²) in [6.45, 7) is 1.82. The standard InChI is InChI=1S/C14H19NO3/c1-9(14(16)18-3)15-13-7-5-10-4-6-11(17-2)8-12(10)13/h4,6,8-9,13,15H,5,7H2,1-3H3/t9-,13?/m0/s1. The van der Waals surface area contributed by atoms with Gasteiger partial charge < -0.3 is 9.47 Å². The number of nitrogens with one attached hydrogen (secondary N) is 1. The smallest absolute Gasteiger partial charge is 0.322 e. The minimum atomic E-state index is -0.294. The van der Waals surface area contributed by atoms with E-state index in [1.807, 2.05) is 19.1 Å². The zero-order chi connectivity index (χ0) is 13.1. The van der Waals surface area contributed by atoms with Crippen LogP contribution < -0.4 is 10.1 Å². The van der Waals surface area contributed by atoms with Crippen molar-refractivity contribution >= 4 is 5.97 Å². The third kappa shape index (κ3) is 2.48. The molecule has 0 heterocycles. The van der Waals surface area contributed by atoms with E-state index in [1.54, 1.807) is 7.11 Å². The van der Waals surface area contributed by atoms with Gasteiger partial charge in [-0.25, -0.2) is 0 Å². The van der Waals surface area contributed by atoms with Crippen molar-refractivity contribution in [1.82, 2.24) is 5.32 Å². The van der Waals surface area contributed by atoms with Gasteiger partial charge in [0.15, 0.2) is 0 Å². The molecule has 2 rings (SSSR count). The molecule has 18 heavy (non-hydrogen) atoms. The number of esters is 1. The fraction of sp³-hybridized carbons (Fsp3) is 0.500. The van der Waals surface area contributed by atoms with E-state index >= 15 is 0 Å². The van der Waals surface area contributed by atoms with E-state index in [2.05, 4.69) is 11.4 Å². The van der Waals surface area contributed by atoms with Gasteiger partial charge in [-0.1, -0.05) is 6.07 Å². The van der Waals surface area contributed by atoms with Crippen LogP contribution in [0.15, 0.2) is 18.2 Å². The predicted molar refractivity (Wildman–Crippen MR) is 68.7 cm³/mol. The summed E-state index contributed by atoms with van der Waals surface area (Å²) in [7, 11) is 3.07. The second kappa shape index (κ2) is 5.40. The third-order valence-electron chi connectivity index (χ3n) is 3.44. The Kier molecular flexibility index (Phi) is 3.87. The van der Waals surface area contributed by atoms with Crippen LogP contribution in [-0.4, -0.2) is 26.2 Å². The molecule has 1 aliphatic rings. The van der Waals surface area contributed by atoms with Crippen molar-refractivity contribution in [2.75, 3.05) is 14.2 Å². The molecule has 0 spiro atoms. The molecular weight excluding hydrogens is 230 g/mol. The molecule has 0 bridgehead atoms. The summed E-state index contributed by atoms with van der Waals surface area (Å²) in [4.78, 5) is 11.4. The number of carbonyl (C=O) groups excluding carboxylic acids is 1.